The van der Waals surface area contributed by atoms with E-state index in [1.807, 2.05) is 12.4 Å². The zero-order chi connectivity index (χ0) is 13.9. The summed E-state index contributed by atoms with van der Waals surface area (Å²) in [6, 6.07) is 6.76. The highest BCUT2D eigenvalue weighted by Crippen LogP contribution is 2.29. The van der Waals surface area contributed by atoms with Gasteiger partial charge in [0.2, 0.25) is 0 Å². The molecular weight excluding hydrogens is 232 g/mol. The van der Waals surface area contributed by atoms with Gasteiger partial charge in [-0.25, -0.2) is 0 Å². The lowest BCUT2D eigenvalue weighted by molar-refractivity contribution is 0.593. The molecule has 2 heteroatoms. The number of fused-ring (bicyclic) bond motifs is 1. The molecule has 2 N–H and O–H groups in total. The normalized spacial score (nSPS) is 12.0. The van der Waals surface area contributed by atoms with E-state index in [1.165, 1.54) is 21.9 Å². The molecule has 0 saturated heterocycles. The lowest BCUT2D eigenvalue weighted by atomic mass is 9.85. The van der Waals surface area contributed by atoms with Gasteiger partial charge >= 0.3 is 0 Å². The average molecular weight is 256 g/mol. The summed E-state index contributed by atoms with van der Waals surface area (Å²) in [6.07, 6.45) is 7.33. The standard InChI is InChI=1S/C17H24N2/c1-17(2,3)16-12-19-11-14-10-13(6-4-5-9-18)7-8-15(14)16/h7-8,10-12H,4-6,9,18H2,1-3H3. The number of nitrogens with two attached hydrogens (primary N) is 1. The maximum Gasteiger partial charge on any atom is 0.0346 e. The van der Waals surface area contributed by atoms with Crippen molar-refractivity contribution < 1.29 is 0 Å². The molecule has 1 aromatic heterocycles. The van der Waals surface area contributed by atoms with Crippen LogP contribution in [-0.4, -0.2) is 11.5 Å². The average Bonchev–Trinajstić information content (AvgIpc) is 2.37. The first-order chi connectivity index (χ1) is 9.02. The third kappa shape index (κ3) is 3.32. The van der Waals surface area contributed by atoms with Crippen LogP contribution in [0.15, 0.2) is 30.6 Å². The highest BCUT2D eigenvalue weighted by molar-refractivity contribution is 5.86. The van der Waals surface area contributed by atoms with Crippen LogP contribution < -0.4 is 5.73 Å². The molecule has 19 heavy (non-hydrogen) atoms. The minimum atomic E-state index is 0.133. The van der Waals surface area contributed by atoms with Crippen LogP contribution in [-0.2, 0) is 11.8 Å². The van der Waals surface area contributed by atoms with Crippen molar-refractivity contribution in [3.63, 3.8) is 0 Å². The molecule has 0 saturated carbocycles. The molecule has 2 aromatic rings. The van der Waals surface area contributed by atoms with Gasteiger partial charge < -0.3 is 5.73 Å². The van der Waals surface area contributed by atoms with Gasteiger partial charge in [-0.1, -0.05) is 32.9 Å². The molecule has 2 rings (SSSR count). The Bertz CT molecular complexity index is 553. The Labute approximate surface area is 116 Å². The van der Waals surface area contributed by atoms with Crippen LogP contribution in [0, 0.1) is 0 Å². The van der Waals surface area contributed by atoms with E-state index in [0.717, 1.165) is 25.8 Å². The van der Waals surface area contributed by atoms with Crippen LogP contribution in [0.2, 0.25) is 0 Å². The lowest BCUT2D eigenvalue weighted by Crippen LogP contribution is -2.12. The van der Waals surface area contributed by atoms with E-state index >= 15 is 0 Å². The maximum atomic E-state index is 5.54. The molecule has 102 valence electrons. The lowest BCUT2D eigenvalue weighted by Gasteiger charge is -2.20. The monoisotopic (exact) mass is 256 g/mol. The van der Waals surface area contributed by atoms with Crippen LogP contribution in [0.5, 0.6) is 0 Å². The number of aryl methyl sites for hydroxylation is 1. The van der Waals surface area contributed by atoms with Crippen molar-refractivity contribution in [2.24, 2.45) is 5.73 Å². The zero-order valence-electron chi connectivity index (χ0n) is 12.2. The molecule has 0 radical (unpaired) electrons. The van der Waals surface area contributed by atoms with Crippen LogP contribution in [0.3, 0.4) is 0 Å². The van der Waals surface area contributed by atoms with Gasteiger partial charge in [-0.15, -0.1) is 0 Å². The molecule has 0 bridgehead atoms. The Kier molecular flexibility index (Phi) is 4.20. The van der Waals surface area contributed by atoms with E-state index in [2.05, 4.69) is 44.0 Å². The van der Waals surface area contributed by atoms with Crippen LogP contribution in [0.25, 0.3) is 10.8 Å². The van der Waals surface area contributed by atoms with Crippen molar-refractivity contribution in [2.45, 2.75) is 45.4 Å². The number of benzene rings is 1. The highest BCUT2D eigenvalue weighted by Gasteiger charge is 2.17. The number of hydrogen-bond acceptors (Lipinski definition) is 2. The Morgan fingerprint density at radius 1 is 1.11 bits per heavy atom. The molecule has 0 aliphatic rings. The Morgan fingerprint density at radius 2 is 1.89 bits per heavy atom. The van der Waals surface area contributed by atoms with Gasteiger partial charge in [0.05, 0.1) is 0 Å². The number of rotatable bonds is 4. The summed E-state index contributed by atoms with van der Waals surface area (Å²) >= 11 is 0. The van der Waals surface area contributed by atoms with Crippen molar-refractivity contribution in [3.05, 3.63) is 41.7 Å². The molecule has 1 heterocycles. The first-order valence-electron chi connectivity index (χ1n) is 7.09. The molecule has 0 spiro atoms. The minimum absolute atomic E-state index is 0.133. The quantitative estimate of drug-likeness (QED) is 0.845. The number of pyridine rings is 1. The fourth-order valence-electron chi connectivity index (χ4n) is 2.45. The highest BCUT2D eigenvalue weighted by atomic mass is 14.6. The third-order valence-corrected chi connectivity index (χ3v) is 3.55. The van der Waals surface area contributed by atoms with E-state index in [4.69, 9.17) is 5.73 Å². The van der Waals surface area contributed by atoms with Gasteiger partial charge in [0, 0.05) is 17.8 Å². The van der Waals surface area contributed by atoms with Crippen molar-refractivity contribution in [1.29, 1.82) is 0 Å². The van der Waals surface area contributed by atoms with Crippen molar-refractivity contribution in [2.75, 3.05) is 6.54 Å². The molecule has 1 aromatic carbocycles. The molecule has 0 atom stereocenters. The molecule has 2 nitrogen and oxygen atoms in total. The van der Waals surface area contributed by atoms with Crippen molar-refractivity contribution in [1.82, 2.24) is 4.98 Å². The summed E-state index contributed by atoms with van der Waals surface area (Å²) in [5, 5.41) is 2.57. The molecule has 0 aliphatic carbocycles. The van der Waals surface area contributed by atoms with E-state index in [1.54, 1.807) is 0 Å². The first kappa shape index (κ1) is 14.0. The van der Waals surface area contributed by atoms with Gasteiger partial charge in [-0.05, 0) is 53.8 Å². The maximum absolute atomic E-state index is 5.54. The smallest absolute Gasteiger partial charge is 0.0346 e. The Hall–Kier alpha value is -1.41. The fourth-order valence-corrected chi connectivity index (χ4v) is 2.45. The Morgan fingerprint density at radius 3 is 2.58 bits per heavy atom. The van der Waals surface area contributed by atoms with Crippen LogP contribution in [0.1, 0.15) is 44.7 Å². The largest absolute Gasteiger partial charge is 0.330 e. The topological polar surface area (TPSA) is 38.9 Å². The Balaban J connectivity index is 2.34. The van der Waals surface area contributed by atoms with Gasteiger partial charge in [-0.2, -0.15) is 0 Å². The molecule has 0 amide bonds. The second kappa shape index (κ2) is 5.70. The third-order valence-electron chi connectivity index (χ3n) is 3.55. The molecular formula is C17H24N2. The number of nitrogens with zero attached hydrogens (tertiary/aromatic N) is 1. The first-order valence-corrected chi connectivity index (χ1v) is 7.09. The zero-order valence-corrected chi connectivity index (χ0v) is 12.2. The number of hydrogen-bond donors (Lipinski definition) is 1. The van der Waals surface area contributed by atoms with E-state index in [0.29, 0.717) is 0 Å². The summed E-state index contributed by atoms with van der Waals surface area (Å²) < 4.78 is 0. The summed E-state index contributed by atoms with van der Waals surface area (Å²) in [4.78, 5) is 4.40. The van der Waals surface area contributed by atoms with E-state index in [9.17, 15) is 0 Å². The second-order valence-electron chi connectivity index (χ2n) is 6.24. The van der Waals surface area contributed by atoms with Gasteiger partial charge in [0.1, 0.15) is 0 Å². The van der Waals surface area contributed by atoms with Crippen LogP contribution >= 0.6 is 0 Å². The van der Waals surface area contributed by atoms with Gasteiger partial charge in [0.25, 0.3) is 0 Å². The van der Waals surface area contributed by atoms with Crippen molar-refractivity contribution in [3.8, 4) is 0 Å². The summed E-state index contributed by atoms with van der Waals surface area (Å²) in [5.74, 6) is 0. The summed E-state index contributed by atoms with van der Waals surface area (Å²) in [5.41, 5.74) is 8.37. The predicted molar refractivity (Wildman–Crippen MR) is 82.4 cm³/mol. The number of unbranched alkanes of at least 4 members (excludes halogenated alkanes) is 1. The SMILES string of the molecule is CC(C)(C)c1cncc2cc(CCCCN)ccc12. The molecule has 0 unspecified atom stereocenters. The van der Waals surface area contributed by atoms with Crippen LogP contribution in [0.4, 0.5) is 0 Å². The minimum Gasteiger partial charge on any atom is -0.330 e. The second-order valence-corrected chi connectivity index (χ2v) is 6.24. The van der Waals surface area contributed by atoms with E-state index < -0.39 is 0 Å². The summed E-state index contributed by atoms with van der Waals surface area (Å²) in [6.45, 7) is 7.49. The summed E-state index contributed by atoms with van der Waals surface area (Å²) in [7, 11) is 0. The fraction of sp³-hybridized carbons (Fsp3) is 0.471. The van der Waals surface area contributed by atoms with E-state index in [-0.39, 0.29) is 5.41 Å². The molecule has 0 aliphatic heterocycles. The predicted octanol–water partition coefficient (Wildman–Crippen LogP) is 3.81. The van der Waals surface area contributed by atoms with Gasteiger partial charge in [0.15, 0.2) is 0 Å². The van der Waals surface area contributed by atoms with Gasteiger partial charge in [-0.3, -0.25) is 4.98 Å². The van der Waals surface area contributed by atoms with Crippen molar-refractivity contribution >= 4 is 10.8 Å². The number of aromatic nitrogens is 1. The molecule has 0 fully saturated rings.